The van der Waals surface area contributed by atoms with Gasteiger partial charge in [0.2, 0.25) is 0 Å². The number of rotatable bonds is 2. The van der Waals surface area contributed by atoms with E-state index in [2.05, 4.69) is 10.3 Å². The Hall–Kier alpha value is -1.87. The molecule has 2 rings (SSSR count). The molecule has 3 nitrogen and oxygen atoms in total. The van der Waals surface area contributed by atoms with Gasteiger partial charge in [-0.1, -0.05) is 29.3 Å². The maximum absolute atomic E-state index is 12.3. The first-order valence-electron chi connectivity index (χ1n) is 5.98. The van der Waals surface area contributed by atoms with Crippen LogP contribution in [0.4, 0.5) is 5.69 Å². The fourth-order valence-electron chi connectivity index (χ4n) is 1.84. The smallest absolute Gasteiger partial charge is 0.256 e. The minimum atomic E-state index is -0.167. The average Bonchev–Trinajstić information content (AvgIpc) is 2.37. The standard InChI is InChI=1S/C15H15ClN2O/c1-9-4-5-10(2)12(8-9)15(19)18-13-11(3)6-7-17-14(13)16/h4-8H,1-3H3,(H,18,19). The molecule has 0 aliphatic rings. The van der Waals surface area contributed by atoms with Crippen LogP contribution in [0.25, 0.3) is 0 Å². The van der Waals surface area contributed by atoms with E-state index in [9.17, 15) is 4.79 Å². The fourth-order valence-corrected chi connectivity index (χ4v) is 2.09. The maximum atomic E-state index is 12.3. The Kier molecular flexibility index (Phi) is 3.86. The van der Waals surface area contributed by atoms with Crippen LogP contribution in [0.5, 0.6) is 0 Å². The van der Waals surface area contributed by atoms with E-state index in [0.29, 0.717) is 16.4 Å². The molecule has 0 aliphatic heterocycles. The number of carbonyl (C=O) groups is 1. The van der Waals surface area contributed by atoms with Crippen LogP contribution in [0.3, 0.4) is 0 Å². The molecular formula is C15H15ClN2O. The van der Waals surface area contributed by atoms with Crippen molar-refractivity contribution in [3.05, 3.63) is 57.9 Å². The van der Waals surface area contributed by atoms with Gasteiger partial charge in [-0.25, -0.2) is 4.98 Å². The topological polar surface area (TPSA) is 42.0 Å². The Labute approximate surface area is 117 Å². The van der Waals surface area contributed by atoms with Crippen LogP contribution in [0.2, 0.25) is 5.15 Å². The van der Waals surface area contributed by atoms with E-state index >= 15 is 0 Å². The van der Waals surface area contributed by atoms with Gasteiger partial charge in [-0.05, 0) is 44.0 Å². The van der Waals surface area contributed by atoms with Gasteiger partial charge in [-0.3, -0.25) is 4.79 Å². The summed E-state index contributed by atoms with van der Waals surface area (Å²) in [5.41, 5.74) is 4.08. The summed E-state index contributed by atoms with van der Waals surface area (Å²) >= 11 is 6.01. The van der Waals surface area contributed by atoms with Crippen molar-refractivity contribution in [2.75, 3.05) is 5.32 Å². The first kappa shape index (κ1) is 13.6. The SMILES string of the molecule is Cc1ccc(C)c(C(=O)Nc2c(C)ccnc2Cl)c1. The molecule has 0 saturated heterocycles. The molecule has 0 atom stereocenters. The number of amides is 1. The second-order valence-electron chi connectivity index (χ2n) is 4.57. The van der Waals surface area contributed by atoms with Gasteiger partial charge in [0.05, 0.1) is 5.69 Å². The molecule has 0 radical (unpaired) electrons. The highest BCUT2D eigenvalue weighted by molar-refractivity contribution is 6.32. The van der Waals surface area contributed by atoms with Gasteiger partial charge < -0.3 is 5.32 Å². The van der Waals surface area contributed by atoms with Crippen LogP contribution in [-0.2, 0) is 0 Å². The number of anilines is 1. The lowest BCUT2D eigenvalue weighted by Crippen LogP contribution is -2.15. The summed E-state index contributed by atoms with van der Waals surface area (Å²) in [6.07, 6.45) is 1.62. The Bertz CT molecular complexity index is 618. The summed E-state index contributed by atoms with van der Waals surface area (Å²) in [7, 11) is 0. The van der Waals surface area contributed by atoms with Gasteiger partial charge in [-0.2, -0.15) is 0 Å². The van der Waals surface area contributed by atoms with E-state index in [0.717, 1.165) is 16.7 Å². The Morgan fingerprint density at radius 2 is 1.89 bits per heavy atom. The van der Waals surface area contributed by atoms with E-state index < -0.39 is 0 Å². The van der Waals surface area contributed by atoms with Gasteiger partial charge in [0, 0.05) is 11.8 Å². The summed E-state index contributed by atoms with van der Waals surface area (Å²) in [5, 5.41) is 3.13. The molecule has 2 aromatic rings. The summed E-state index contributed by atoms with van der Waals surface area (Å²) in [4.78, 5) is 16.3. The summed E-state index contributed by atoms with van der Waals surface area (Å²) in [6.45, 7) is 5.75. The van der Waals surface area contributed by atoms with Gasteiger partial charge in [-0.15, -0.1) is 0 Å². The predicted molar refractivity (Wildman–Crippen MR) is 77.9 cm³/mol. The molecule has 0 fully saturated rings. The van der Waals surface area contributed by atoms with E-state index in [1.165, 1.54) is 0 Å². The third kappa shape index (κ3) is 2.93. The number of pyridine rings is 1. The highest BCUT2D eigenvalue weighted by Gasteiger charge is 2.13. The van der Waals surface area contributed by atoms with Crippen molar-refractivity contribution in [1.82, 2.24) is 4.98 Å². The minimum Gasteiger partial charge on any atom is -0.319 e. The molecule has 1 amide bonds. The molecule has 19 heavy (non-hydrogen) atoms. The number of carbonyl (C=O) groups excluding carboxylic acids is 1. The number of benzene rings is 1. The molecule has 1 N–H and O–H groups in total. The number of aryl methyl sites for hydroxylation is 3. The average molecular weight is 275 g/mol. The van der Waals surface area contributed by atoms with Crippen molar-refractivity contribution in [2.24, 2.45) is 0 Å². The van der Waals surface area contributed by atoms with Crippen molar-refractivity contribution in [1.29, 1.82) is 0 Å². The number of aromatic nitrogens is 1. The van der Waals surface area contributed by atoms with E-state index in [-0.39, 0.29) is 5.91 Å². The summed E-state index contributed by atoms with van der Waals surface area (Å²) in [5.74, 6) is -0.167. The maximum Gasteiger partial charge on any atom is 0.256 e. The quantitative estimate of drug-likeness (QED) is 0.844. The highest BCUT2D eigenvalue weighted by atomic mass is 35.5. The van der Waals surface area contributed by atoms with Crippen molar-refractivity contribution < 1.29 is 4.79 Å². The van der Waals surface area contributed by atoms with E-state index in [1.54, 1.807) is 6.20 Å². The Morgan fingerprint density at radius 1 is 1.16 bits per heavy atom. The highest BCUT2D eigenvalue weighted by Crippen LogP contribution is 2.24. The summed E-state index contributed by atoms with van der Waals surface area (Å²) < 4.78 is 0. The number of nitrogens with one attached hydrogen (secondary N) is 1. The zero-order valence-electron chi connectivity index (χ0n) is 11.1. The first-order valence-corrected chi connectivity index (χ1v) is 6.36. The molecular weight excluding hydrogens is 260 g/mol. The molecule has 0 saturated carbocycles. The molecule has 0 unspecified atom stereocenters. The second kappa shape index (κ2) is 5.41. The van der Waals surface area contributed by atoms with Crippen molar-refractivity contribution in [2.45, 2.75) is 20.8 Å². The lowest BCUT2D eigenvalue weighted by Gasteiger charge is -2.11. The van der Waals surface area contributed by atoms with Gasteiger partial charge in [0.25, 0.3) is 5.91 Å². The number of halogens is 1. The van der Waals surface area contributed by atoms with Crippen molar-refractivity contribution in [3.8, 4) is 0 Å². The molecule has 1 heterocycles. The number of hydrogen-bond acceptors (Lipinski definition) is 2. The van der Waals surface area contributed by atoms with Crippen molar-refractivity contribution >= 4 is 23.2 Å². The molecule has 0 spiro atoms. The third-order valence-electron chi connectivity index (χ3n) is 2.99. The summed E-state index contributed by atoms with van der Waals surface area (Å²) in [6, 6.07) is 7.59. The Morgan fingerprint density at radius 3 is 2.58 bits per heavy atom. The lowest BCUT2D eigenvalue weighted by molar-refractivity contribution is 0.102. The van der Waals surface area contributed by atoms with Crippen LogP contribution >= 0.6 is 11.6 Å². The van der Waals surface area contributed by atoms with Crippen LogP contribution < -0.4 is 5.32 Å². The van der Waals surface area contributed by atoms with Gasteiger partial charge in [0.15, 0.2) is 5.15 Å². The zero-order valence-corrected chi connectivity index (χ0v) is 11.9. The normalized spacial score (nSPS) is 10.3. The van der Waals surface area contributed by atoms with Crippen LogP contribution in [0, 0.1) is 20.8 Å². The van der Waals surface area contributed by atoms with E-state index in [4.69, 9.17) is 11.6 Å². The molecule has 1 aromatic heterocycles. The van der Waals surface area contributed by atoms with Crippen LogP contribution in [0.1, 0.15) is 27.0 Å². The second-order valence-corrected chi connectivity index (χ2v) is 4.92. The first-order chi connectivity index (χ1) is 8.99. The number of nitrogens with zero attached hydrogens (tertiary/aromatic N) is 1. The molecule has 0 bridgehead atoms. The molecule has 4 heteroatoms. The largest absolute Gasteiger partial charge is 0.319 e. The fraction of sp³-hybridized carbons (Fsp3) is 0.200. The molecule has 98 valence electrons. The van der Waals surface area contributed by atoms with E-state index in [1.807, 2.05) is 45.0 Å². The lowest BCUT2D eigenvalue weighted by atomic mass is 10.0. The van der Waals surface area contributed by atoms with Gasteiger partial charge in [0.1, 0.15) is 0 Å². The van der Waals surface area contributed by atoms with Crippen molar-refractivity contribution in [3.63, 3.8) is 0 Å². The van der Waals surface area contributed by atoms with Crippen LogP contribution in [0.15, 0.2) is 30.5 Å². The predicted octanol–water partition coefficient (Wildman–Crippen LogP) is 3.91. The molecule has 0 aliphatic carbocycles. The third-order valence-corrected chi connectivity index (χ3v) is 3.28. The number of hydrogen-bond donors (Lipinski definition) is 1. The molecule has 1 aromatic carbocycles. The zero-order chi connectivity index (χ0) is 14.0. The van der Waals surface area contributed by atoms with Gasteiger partial charge >= 0.3 is 0 Å². The Balaban J connectivity index is 2.34. The monoisotopic (exact) mass is 274 g/mol. The van der Waals surface area contributed by atoms with Crippen LogP contribution in [-0.4, -0.2) is 10.9 Å². The minimum absolute atomic E-state index is 0.167.